The van der Waals surface area contributed by atoms with Crippen LogP contribution in [0.4, 0.5) is 17.1 Å². The summed E-state index contributed by atoms with van der Waals surface area (Å²) in [6.45, 7) is 4.84. The fourth-order valence-corrected chi connectivity index (χ4v) is 5.57. The molecule has 0 radical (unpaired) electrons. The van der Waals surface area contributed by atoms with E-state index in [4.69, 9.17) is 4.74 Å². The van der Waals surface area contributed by atoms with Gasteiger partial charge in [-0.1, -0.05) is 35.9 Å². The van der Waals surface area contributed by atoms with Crippen LogP contribution in [-0.4, -0.2) is 50.2 Å². The third-order valence-electron chi connectivity index (χ3n) is 7.53. The first-order chi connectivity index (χ1) is 17.9. The van der Waals surface area contributed by atoms with Crippen LogP contribution in [0.2, 0.25) is 0 Å². The highest BCUT2D eigenvalue weighted by Gasteiger charge is 2.42. The molecule has 1 fully saturated rings. The minimum Gasteiger partial charge on any atom is -0.496 e. The van der Waals surface area contributed by atoms with Crippen molar-refractivity contribution in [2.24, 2.45) is 5.92 Å². The number of nitrogens with zero attached hydrogens (tertiary/aromatic N) is 3. The van der Waals surface area contributed by atoms with Gasteiger partial charge in [-0.05, 0) is 55.2 Å². The molecule has 2 atom stereocenters. The number of amides is 1. The van der Waals surface area contributed by atoms with Crippen LogP contribution in [0.1, 0.15) is 16.7 Å². The molecule has 0 spiro atoms. The minimum absolute atomic E-state index is 0.0205. The Morgan fingerprint density at radius 3 is 2.65 bits per heavy atom. The maximum absolute atomic E-state index is 13.6. The van der Waals surface area contributed by atoms with E-state index in [9.17, 15) is 14.9 Å². The number of hydrogen-bond acceptors (Lipinski definition) is 6. The number of hydrogen-bond donors (Lipinski definition) is 1. The lowest BCUT2D eigenvalue weighted by molar-refractivity contribution is -0.384. The molecule has 5 rings (SSSR count). The fourth-order valence-electron chi connectivity index (χ4n) is 5.57. The van der Waals surface area contributed by atoms with E-state index in [-0.39, 0.29) is 28.5 Å². The Morgan fingerprint density at radius 2 is 1.89 bits per heavy atom. The Kier molecular flexibility index (Phi) is 6.99. The zero-order valence-electron chi connectivity index (χ0n) is 21.2. The molecule has 192 valence electrons. The average molecular weight is 501 g/mol. The molecule has 0 aromatic heterocycles. The summed E-state index contributed by atoms with van der Waals surface area (Å²) < 4.78 is 5.44. The number of nitro groups is 1. The predicted molar refractivity (Wildman–Crippen MR) is 145 cm³/mol. The molecule has 8 heteroatoms. The smallest absolute Gasteiger partial charge is 0.269 e. The number of carbonyl (C=O) groups excluding carboxylic acids is 1. The van der Waals surface area contributed by atoms with E-state index in [1.54, 1.807) is 19.2 Å². The second-order valence-electron chi connectivity index (χ2n) is 9.78. The molecule has 2 heterocycles. The number of nitro benzene ring substituents is 1. The monoisotopic (exact) mass is 500 g/mol. The van der Waals surface area contributed by atoms with Gasteiger partial charge < -0.3 is 19.9 Å². The van der Waals surface area contributed by atoms with Crippen LogP contribution in [0.3, 0.4) is 0 Å². The number of aryl methyl sites for hydroxylation is 1. The van der Waals surface area contributed by atoms with Crippen molar-refractivity contribution in [1.29, 1.82) is 0 Å². The minimum atomic E-state index is -0.371. The summed E-state index contributed by atoms with van der Waals surface area (Å²) >= 11 is 0. The largest absolute Gasteiger partial charge is 0.496 e. The van der Waals surface area contributed by atoms with Crippen LogP contribution < -0.4 is 19.9 Å². The normalized spacial score (nSPS) is 18.5. The molecular formula is C29H32N4O4. The van der Waals surface area contributed by atoms with Crippen molar-refractivity contribution in [1.82, 2.24) is 5.32 Å². The number of para-hydroxylation sites is 1. The van der Waals surface area contributed by atoms with Crippen LogP contribution in [0.5, 0.6) is 5.75 Å². The summed E-state index contributed by atoms with van der Waals surface area (Å²) in [6.07, 6.45) is 1.13. The molecule has 8 nitrogen and oxygen atoms in total. The second kappa shape index (κ2) is 10.5. The fraction of sp³-hybridized carbons (Fsp3) is 0.345. The van der Waals surface area contributed by atoms with Gasteiger partial charge in [0.05, 0.1) is 24.0 Å². The summed E-state index contributed by atoms with van der Waals surface area (Å²) in [5.41, 5.74) is 5.32. The van der Waals surface area contributed by atoms with Crippen LogP contribution in [0.15, 0.2) is 66.7 Å². The van der Waals surface area contributed by atoms with Crippen molar-refractivity contribution in [2.75, 3.05) is 43.1 Å². The van der Waals surface area contributed by atoms with Gasteiger partial charge in [0, 0.05) is 49.7 Å². The molecule has 1 N–H and O–H groups in total. The number of carbonyl (C=O) groups is 1. The lowest BCUT2D eigenvalue weighted by atomic mass is 9.83. The Labute approximate surface area is 217 Å². The van der Waals surface area contributed by atoms with Gasteiger partial charge in [-0.15, -0.1) is 0 Å². The first kappa shape index (κ1) is 24.6. The zero-order valence-corrected chi connectivity index (χ0v) is 21.2. The molecule has 37 heavy (non-hydrogen) atoms. The van der Waals surface area contributed by atoms with E-state index in [2.05, 4.69) is 46.3 Å². The van der Waals surface area contributed by atoms with Gasteiger partial charge in [0.1, 0.15) is 5.75 Å². The number of ether oxygens (including phenoxy) is 1. The molecule has 2 aliphatic rings. The van der Waals surface area contributed by atoms with E-state index in [1.807, 2.05) is 30.3 Å². The van der Waals surface area contributed by atoms with E-state index < -0.39 is 0 Å². The van der Waals surface area contributed by atoms with Gasteiger partial charge >= 0.3 is 0 Å². The van der Waals surface area contributed by atoms with Crippen LogP contribution >= 0.6 is 0 Å². The molecule has 0 unspecified atom stereocenters. The van der Waals surface area contributed by atoms with E-state index in [0.29, 0.717) is 25.9 Å². The van der Waals surface area contributed by atoms with Crippen molar-refractivity contribution in [3.63, 3.8) is 0 Å². The Balaban J connectivity index is 1.38. The lowest BCUT2D eigenvalue weighted by Crippen LogP contribution is -2.61. The topological polar surface area (TPSA) is 87.9 Å². The summed E-state index contributed by atoms with van der Waals surface area (Å²) in [5.74, 6) is 0.469. The lowest BCUT2D eigenvalue weighted by Gasteiger charge is -2.49. The maximum atomic E-state index is 13.6. The number of nitrogens with one attached hydrogen (secondary N) is 1. The Morgan fingerprint density at radius 1 is 1.11 bits per heavy atom. The molecule has 3 aromatic carbocycles. The number of fused-ring (bicyclic) bond motifs is 3. The number of rotatable bonds is 7. The van der Waals surface area contributed by atoms with Crippen molar-refractivity contribution >= 4 is 23.0 Å². The van der Waals surface area contributed by atoms with Gasteiger partial charge in [-0.2, -0.15) is 0 Å². The van der Waals surface area contributed by atoms with Crippen LogP contribution in [0, 0.1) is 23.0 Å². The first-order valence-corrected chi connectivity index (χ1v) is 12.7. The first-order valence-electron chi connectivity index (χ1n) is 12.7. The quantitative estimate of drug-likeness (QED) is 0.388. The highest BCUT2D eigenvalue weighted by atomic mass is 16.6. The summed E-state index contributed by atoms with van der Waals surface area (Å²) in [5, 5.41) is 14.6. The maximum Gasteiger partial charge on any atom is 0.269 e. The predicted octanol–water partition coefficient (Wildman–Crippen LogP) is 4.14. The molecular weight excluding hydrogens is 468 g/mol. The van der Waals surface area contributed by atoms with Crippen LogP contribution in [-0.2, 0) is 17.6 Å². The van der Waals surface area contributed by atoms with Crippen molar-refractivity contribution in [3.05, 3.63) is 93.5 Å². The van der Waals surface area contributed by atoms with Crippen LogP contribution in [0.25, 0.3) is 0 Å². The van der Waals surface area contributed by atoms with E-state index in [1.165, 1.54) is 5.56 Å². The molecule has 2 aliphatic heterocycles. The number of piperazine rings is 1. The third kappa shape index (κ3) is 5.09. The second-order valence-corrected chi connectivity index (χ2v) is 9.78. The van der Waals surface area contributed by atoms with Gasteiger partial charge in [-0.25, -0.2) is 0 Å². The number of anilines is 2. The molecule has 0 aliphatic carbocycles. The summed E-state index contributed by atoms with van der Waals surface area (Å²) in [4.78, 5) is 29.3. The molecule has 1 amide bonds. The van der Waals surface area contributed by atoms with E-state index in [0.717, 1.165) is 41.3 Å². The number of non-ortho nitro benzene ring substituents is 1. The van der Waals surface area contributed by atoms with Gasteiger partial charge in [0.15, 0.2) is 0 Å². The highest BCUT2D eigenvalue weighted by molar-refractivity contribution is 5.82. The SMILES string of the molecule is COc1ccccc1CCNC(=O)[C@H]1Cc2cc([N+](=O)[O-])ccc2N2CCN(c3ccc(C)cc3)C[C@@H]12. The van der Waals surface area contributed by atoms with Gasteiger partial charge in [-0.3, -0.25) is 14.9 Å². The molecule has 0 saturated carbocycles. The highest BCUT2D eigenvalue weighted by Crippen LogP contribution is 2.38. The Bertz CT molecular complexity index is 1290. The molecule has 3 aromatic rings. The summed E-state index contributed by atoms with van der Waals surface area (Å²) in [6, 6.07) is 21.3. The van der Waals surface area contributed by atoms with Crippen molar-refractivity contribution in [3.8, 4) is 5.75 Å². The average Bonchev–Trinajstić information content (AvgIpc) is 2.92. The third-order valence-corrected chi connectivity index (χ3v) is 7.53. The number of methoxy groups -OCH3 is 1. The van der Waals surface area contributed by atoms with Gasteiger partial charge in [0.2, 0.25) is 5.91 Å². The van der Waals surface area contributed by atoms with Crippen molar-refractivity contribution < 1.29 is 14.5 Å². The zero-order chi connectivity index (χ0) is 25.9. The molecule has 1 saturated heterocycles. The van der Waals surface area contributed by atoms with Gasteiger partial charge in [0.25, 0.3) is 5.69 Å². The summed E-state index contributed by atoms with van der Waals surface area (Å²) in [7, 11) is 1.65. The Hall–Kier alpha value is -4.07. The molecule has 0 bridgehead atoms. The standard InChI is InChI=1S/C29H32N4O4/c1-20-7-9-23(10-8-20)31-15-16-32-26-12-11-24(33(35)36)17-22(26)18-25(27(32)19-31)29(34)30-14-13-21-5-3-4-6-28(21)37-2/h3-12,17,25,27H,13-16,18-19H2,1-2H3,(H,30,34)/t25-,27-/m0/s1. The van der Waals surface area contributed by atoms with E-state index >= 15 is 0 Å². The van der Waals surface area contributed by atoms with Crippen molar-refractivity contribution in [2.45, 2.75) is 25.8 Å². The number of benzene rings is 3.